The summed E-state index contributed by atoms with van der Waals surface area (Å²) in [5.41, 5.74) is 1.44. The molecule has 1 aromatic heterocycles. The summed E-state index contributed by atoms with van der Waals surface area (Å²) in [5.74, 6) is 0.409. The molecule has 2 aromatic carbocycles. The Balaban J connectivity index is 1.56. The summed E-state index contributed by atoms with van der Waals surface area (Å²) in [4.78, 5) is 31.6. The summed E-state index contributed by atoms with van der Waals surface area (Å²) in [5, 5.41) is 2.04. The highest BCUT2D eigenvalue weighted by atomic mass is 32.1. The molecule has 190 valence electrons. The third-order valence-electron chi connectivity index (χ3n) is 6.66. The van der Waals surface area contributed by atoms with Gasteiger partial charge in [-0.1, -0.05) is 19.1 Å². The van der Waals surface area contributed by atoms with E-state index in [4.69, 9.17) is 9.47 Å². The van der Waals surface area contributed by atoms with Crippen molar-refractivity contribution in [2.75, 3.05) is 26.8 Å². The average molecular weight is 511 g/mol. The highest BCUT2D eigenvalue weighted by molar-refractivity contribution is 7.10. The first-order valence-electron chi connectivity index (χ1n) is 12.1. The normalized spacial score (nSPS) is 15.7. The predicted octanol–water partition coefficient (Wildman–Crippen LogP) is 5.34. The van der Waals surface area contributed by atoms with E-state index in [2.05, 4.69) is 0 Å². The lowest BCUT2D eigenvalue weighted by atomic mass is 10.00. The summed E-state index contributed by atoms with van der Waals surface area (Å²) in [7, 11) is 1.59. The van der Waals surface area contributed by atoms with Crippen molar-refractivity contribution in [3.63, 3.8) is 0 Å². The van der Waals surface area contributed by atoms with Crippen LogP contribution in [0.4, 0.5) is 4.39 Å². The van der Waals surface area contributed by atoms with Crippen molar-refractivity contribution in [2.45, 2.75) is 38.8 Å². The van der Waals surface area contributed by atoms with Gasteiger partial charge in [0.25, 0.3) is 5.91 Å². The number of halogens is 1. The number of para-hydroxylation sites is 2. The van der Waals surface area contributed by atoms with Crippen molar-refractivity contribution < 1.29 is 23.5 Å². The van der Waals surface area contributed by atoms with Gasteiger partial charge in [-0.05, 0) is 73.2 Å². The SMILES string of the molecule is CCC(C)N(CC(=O)N1CCc2sccc2C1COc1ccccc1OC)C(=O)c1ccc(F)cc1. The number of hydrogen-bond acceptors (Lipinski definition) is 5. The summed E-state index contributed by atoms with van der Waals surface area (Å²) in [6.45, 7) is 4.65. The van der Waals surface area contributed by atoms with E-state index in [1.165, 1.54) is 29.1 Å². The van der Waals surface area contributed by atoms with Crippen LogP contribution in [0.5, 0.6) is 11.5 Å². The Kier molecular flexibility index (Phi) is 8.25. The Morgan fingerprint density at radius 2 is 1.86 bits per heavy atom. The quantitative estimate of drug-likeness (QED) is 0.390. The van der Waals surface area contributed by atoms with Gasteiger partial charge in [-0.2, -0.15) is 0 Å². The van der Waals surface area contributed by atoms with Crippen molar-refractivity contribution in [1.29, 1.82) is 0 Å². The fraction of sp³-hybridized carbons (Fsp3) is 0.357. The number of methoxy groups -OCH3 is 1. The van der Waals surface area contributed by atoms with Gasteiger partial charge in [0.05, 0.1) is 13.2 Å². The minimum atomic E-state index is -0.407. The number of fused-ring (bicyclic) bond motifs is 1. The first kappa shape index (κ1) is 25.7. The summed E-state index contributed by atoms with van der Waals surface area (Å²) in [6.07, 6.45) is 1.45. The maximum Gasteiger partial charge on any atom is 0.254 e. The molecule has 4 rings (SSSR count). The largest absolute Gasteiger partial charge is 0.493 e. The predicted molar refractivity (Wildman–Crippen MR) is 138 cm³/mol. The number of hydrogen-bond donors (Lipinski definition) is 0. The van der Waals surface area contributed by atoms with E-state index in [0.29, 0.717) is 30.0 Å². The van der Waals surface area contributed by atoms with Gasteiger partial charge < -0.3 is 19.3 Å². The number of thiophene rings is 1. The standard InChI is InChI=1S/C28H31FN2O4S/c1-4-19(2)31(28(33)20-9-11-21(29)12-10-20)17-27(32)30-15-13-26-22(14-16-36-26)23(30)18-35-25-8-6-5-7-24(25)34-3/h5-12,14,16,19,23H,4,13,15,17-18H2,1-3H3. The van der Waals surface area contributed by atoms with Gasteiger partial charge in [0.15, 0.2) is 11.5 Å². The molecule has 0 saturated carbocycles. The molecule has 0 spiro atoms. The van der Waals surface area contributed by atoms with Gasteiger partial charge in [-0.25, -0.2) is 4.39 Å². The summed E-state index contributed by atoms with van der Waals surface area (Å²) < 4.78 is 25.0. The zero-order valence-electron chi connectivity index (χ0n) is 20.8. The molecule has 0 N–H and O–H groups in total. The molecule has 0 fully saturated rings. The minimum absolute atomic E-state index is 0.0597. The molecule has 0 aliphatic carbocycles. The first-order valence-corrected chi connectivity index (χ1v) is 13.0. The van der Waals surface area contributed by atoms with Crippen molar-refractivity contribution in [3.8, 4) is 11.5 Å². The summed E-state index contributed by atoms with van der Waals surface area (Å²) in [6, 6.07) is 14.5. The molecule has 1 aliphatic rings. The molecule has 8 heteroatoms. The number of nitrogens with zero attached hydrogens (tertiary/aromatic N) is 2. The third kappa shape index (κ3) is 5.54. The second-order valence-corrected chi connectivity index (χ2v) is 9.81. The molecule has 36 heavy (non-hydrogen) atoms. The Hall–Kier alpha value is -3.39. The van der Waals surface area contributed by atoms with Gasteiger partial charge in [0, 0.05) is 23.0 Å². The minimum Gasteiger partial charge on any atom is -0.493 e. The number of carbonyl (C=O) groups is 2. The Morgan fingerprint density at radius 1 is 1.14 bits per heavy atom. The number of carbonyl (C=O) groups excluding carboxylic acids is 2. The fourth-order valence-corrected chi connectivity index (χ4v) is 5.35. The zero-order valence-corrected chi connectivity index (χ0v) is 21.6. The van der Waals surface area contributed by atoms with Gasteiger partial charge in [0.1, 0.15) is 19.0 Å². The molecule has 3 aromatic rings. The molecular formula is C28H31FN2O4S. The fourth-order valence-electron chi connectivity index (χ4n) is 4.42. The molecule has 6 nitrogen and oxygen atoms in total. The summed E-state index contributed by atoms with van der Waals surface area (Å²) >= 11 is 1.68. The first-order chi connectivity index (χ1) is 17.4. The van der Waals surface area contributed by atoms with Crippen LogP contribution in [0.3, 0.4) is 0 Å². The molecule has 2 heterocycles. The highest BCUT2D eigenvalue weighted by Crippen LogP contribution is 2.35. The van der Waals surface area contributed by atoms with Crippen LogP contribution in [0.1, 0.15) is 47.1 Å². The molecule has 2 amide bonds. The van der Waals surface area contributed by atoms with Crippen LogP contribution in [-0.2, 0) is 11.2 Å². The lowest BCUT2D eigenvalue weighted by molar-refractivity contribution is -0.136. The smallest absolute Gasteiger partial charge is 0.254 e. The van der Waals surface area contributed by atoms with E-state index in [0.717, 1.165) is 12.0 Å². The average Bonchev–Trinajstić information content (AvgIpc) is 3.39. The molecule has 2 atom stereocenters. The third-order valence-corrected chi connectivity index (χ3v) is 7.66. The van der Waals surface area contributed by atoms with Crippen molar-refractivity contribution in [2.24, 2.45) is 0 Å². The van der Waals surface area contributed by atoms with E-state index in [1.54, 1.807) is 23.3 Å². The van der Waals surface area contributed by atoms with Crippen LogP contribution in [0.2, 0.25) is 0 Å². The second kappa shape index (κ2) is 11.6. The van der Waals surface area contributed by atoms with E-state index < -0.39 is 5.82 Å². The monoisotopic (exact) mass is 510 g/mol. The lowest BCUT2D eigenvalue weighted by Crippen LogP contribution is -2.49. The molecule has 0 bridgehead atoms. The Bertz CT molecular complexity index is 1200. The van der Waals surface area contributed by atoms with Crippen molar-refractivity contribution >= 4 is 23.2 Å². The van der Waals surface area contributed by atoms with Gasteiger partial charge in [-0.3, -0.25) is 9.59 Å². The molecule has 0 saturated heterocycles. The number of benzene rings is 2. The zero-order chi connectivity index (χ0) is 25.7. The number of ether oxygens (including phenoxy) is 2. The highest BCUT2D eigenvalue weighted by Gasteiger charge is 2.34. The maximum atomic E-state index is 13.7. The second-order valence-electron chi connectivity index (χ2n) is 8.81. The number of rotatable bonds is 9. The van der Waals surface area contributed by atoms with E-state index in [1.807, 2.05) is 54.5 Å². The van der Waals surface area contributed by atoms with Crippen LogP contribution in [0.25, 0.3) is 0 Å². The van der Waals surface area contributed by atoms with Crippen LogP contribution in [-0.4, -0.2) is 54.5 Å². The van der Waals surface area contributed by atoms with Crippen molar-refractivity contribution in [1.82, 2.24) is 9.80 Å². The van der Waals surface area contributed by atoms with E-state index in [-0.39, 0.29) is 37.0 Å². The van der Waals surface area contributed by atoms with E-state index >= 15 is 0 Å². The van der Waals surface area contributed by atoms with Crippen molar-refractivity contribution in [3.05, 3.63) is 81.8 Å². The van der Waals surface area contributed by atoms with Crippen LogP contribution in [0.15, 0.2) is 60.0 Å². The van der Waals surface area contributed by atoms with Gasteiger partial charge >= 0.3 is 0 Å². The maximum absolute atomic E-state index is 13.7. The Labute approximate surface area is 215 Å². The molecule has 0 radical (unpaired) electrons. The number of amides is 2. The van der Waals surface area contributed by atoms with Gasteiger partial charge in [0.2, 0.25) is 5.91 Å². The topological polar surface area (TPSA) is 59.1 Å². The van der Waals surface area contributed by atoms with Crippen LogP contribution < -0.4 is 9.47 Å². The lowest BCUT2D eigenvalue weighted by Gasteiger charge is -2.38. The molecule has 2 unspecified atom stereocenters. The Morgan fingerprint density at radius 3 is 2.56 bits per heavy atom. The molecular weight excluding hydrogens is 479 g/mol. The van der Waals surface area contributed by atoms with Gasteiger partial charge in [-0.15, -0.1) is 11.3 Å². The van der Waals surface area contributed by atoms with Crippen LogP contribution >= 0.6 is 11.3 Å². The van der Waals surface area contributed by atoms with E-state index in [9.17, 15) is 14.0 Å². The molecule has 1 aliphatic heterocycles. The van der Waals surface area contributed by atoms with Crippen LogP contribution in [0, 0.1) is 5.82 Å².